The number of ether oxygens (including phenoxy) is 1. The largest absolute Gasteiger partial charge is 0.481 e. The van der Waals surface area contributed by atoms with Crippen LogP contribution in [-0.4, -0.2) is 0 Å². The van der Waals surface area contributed by atoms with Crippen molar-refractivity contribution in [3.63, 3.8) is 0 Å². The first-order valence-electron chi connectivity index (χ1n) is 10.7. The van der Waals surface area contributed by atoms with Crippen molar-refractivity contribution in [2.45, 2.75) is 12.5 Å². The van der Waals surface area contributed by atoms with Crippen LogP contribution in [0.4, 0.5) is 0 Å². The highest BCUT2D eigenvalue weighted by Gasteiger charge is 2.28. The number of allylic oxidation sites excluding steroid dienone is 2. The summed E-state index contributed by atoms with van der Waals surface area (Å²) in [5.41, 5.74) is 7.28. The summed E-state index contributed by atoms with van der Waals surface area (Å²) in [7, 11) is 0. The lowest BCUT2D eigenvalue weighted by Gasteiger charge is -2.31. The van der Waals surface area contributed by atoms with Gasteiger partial charge >= 0.3 is 0 Å². The highest BCUT2D eigenvalue weighted by atomic mass is 16.5. The molecule has 0 aliphatic carbocycles. The van der Waals surface area contributed by atoms with Gasteiger partial charge in [0.05, 0.1) is 0 Å². The van der Waals surface area contributed by atoms with Crippen molar-refractivity contribution in [3.05, 3.63) is 155 Å². The summed E-state index contributed by atoms with van der Waals surface area (Å²) in [6.45, 7) is 0. The molecule has 0 spiro atoms. The van der Waals surface area contributed by atoms with Gasteiger partial charge in [-0.25, -0.2) is 0 Å². The van der Waals surface area contributed by atoms with Gasteiger partial charge in [0.2, 0.25) is 0 Å². The second-order valence-corrected chi connectivity index (χ2v) is 7.75. The molecule has 1 heterocycles. The zero-order valence-electron chi connectivity index (χ0n) is 17.3. The molecule has 1 aliphatic heterocycles. The highest BCUT2D eigenvalue weighted by Crippen LogP contribution is 2.43. The second kappa shape index (κ2) is 8.89. The second-order valence-electron chi connectivity index (χ2n) is 7.75. The van der Waals surface area contributed by atoms with Gasteiger partial charge in [-0.2, -0.15) is 0 Å². The molecule has 0 saturated heterocycles. The van der Waals surface area contributed by atoms with Gasteiger partial charge in [0, 0.05) is 5.56 Å². The minimum Gasteiger partial charge on any atom is -0.481 e. The molecule has 31 heavy (non-hydrogen) atoms. The van der Waals surface area contributed by atoms with E-state index in [1.54, 1.807) is 0 Å². The summed E-state index contributed by atoms with van der Waals surface area (Å²) >= 11 is 0. The molecule has 1 heteroatoms. The van der Waals surface area contributed by atoms with Crippen LogP contribution in [0, 0.1) is 0 Å². The molecular formula is C30H24O. The van der Waals surface area contributed by atoms with E-state index in [9.17, 15) is 0 Å². The lowest BCUT2D eigenvalue weighted by molar-refractivity contribution is 0.198. The fraction of sp³-hybridized carbons (Fsp3) is 0.0667. The van der Waals surface area contributed by atoms with Crippen LogP contribution < -0.4 is 0 Å². The van der Waals surface area contributed by atoms with E-state index in [0.717, 1.165) is 17.7 Å². The Morgan fingerprint density at radius 1 is 0.548 bits per heavy atom. The molecule has 5 rings (SSSR count). The van der Waals surface area contributed by atoms with Crippen LogP contribution in [0.5, 0.6) is 0 Å². The lowest BCUT2D eigenvalue weighted by Crippen LogP contribution is -2.15. The molecule has 0 bridgehead atoms. The fourth-order valence-electron chi connectivity index (χ4n) is 4.14. The van der Waals surface area contributed by atoms with Crippen molar-refractivity contribution in [2.24, 2.45) is 0 Å². The molecular weight excluding hydrogens is 376 g/mol. The average molecular weight is 401 g/mol. The predicted octanol–water partition coefficient (Wildman–Crippen LogP) is 7.50. The van der Waals surface area contributed by atoms with Crippen LogP contribution in [0.1, 0.15) is 28.4 Å². The highest BCUT2D eigenvalue weighted by molar-refractivity contribution is 5.86. The Bertz CT molecular complexity index is 1190. The first kappa shape index (κ1) is 19.1. The maximum Gasteiger partial charge on any atom is 0.146 e. The van der Waals surface area contributed by atoms with Gasteiger partial charge in [0.1, 0.15) is 11.9 Å². The van der Waals surface area contributed by atoms with E-state index in [2.05, 4.69) is 121 Å². The van der Waals surface area contributed by atoms with E-state index in [1.165, 1.54) is 27.8 Å². The van der Waals surface area contributed by atoms with E-state index in [4.69, 9.17) is 4.74 Å². The molecule has 1 aliphatic rings. The van der Waals surface area contributed by atoms with Gasteiger partial charge in [-0.1, -0.05) is 121 Å². The molecule has 0 aromatic heterocycles. The van der Waals surface area contributed by atoms with Crippen molar-refractivity contribution < 1.29 is 4.74 Å². The van der Waals surface area contributed by atoms with Crippen LogP contribution in [0.2, 0.25) is 0 Å². The molecule has 1 nitrogen and oxygen atoms in total. The molecule has 0 radical (unpaired) electrons. The minimum atomic E-state index is -0.142. The molecule has 1 atom stereocenters. The summed E-state index contributed by atoms with van der Waals surface area (Å²) in [5.74, 6) is 0.908. The molecule has 150 valence electrons. The monoisotopic (exact) mass is 400 g/mol. The number of hydrogen-bond acceptors (Lipinski definition) is 1. The predicted molar refractivity (Wildman–Crippen MR) is 128 cm³/mol. The smallest absolute Gasteiger partial charge is 0.146 e. The number of hydrogen-bond donors (Lipinski definition) is 0. The first-order chi connectivity index (χ1) is 15.4. The average Bonchev–Trinajstić information content (AvgIpc) is 2.86. The molecule has 4 aromatic carbocycles. The molecule has 0 fully saturated rings. The molecule has 0 saturated carbocycles. The van der Waals surface area contributed by atoms with Crippen molar-refractivity contribution in [1.29, 1.82) is 0 Å². The van der Waals surface area contributed by atoms with Gasteiger partial charge in [-0.3, -0.25) is 0 Å². The van der Waals surface area contributed by atoms with Gasteiger partial charge in [-0.15, -0.1) is 0 Å². The minimum absolute atomic E-state index is 0.142. The van der Waals surface area contributed by atoms with Crippen molar-refractivity contribution >= 4 is 11.3 Å². The Morgan fingerprint density at radius 2 is 1.06 bits per heavy atom. The van der Waals surface area contributed by atoms with E-state index >= 15 is 0 Å². The lowest BCUT2D eigenvalue weighted by atomic mass is 9.86. The fourth-order valence-corrected chi connectivity index (χ4v) is 4.14. The zero-order valence-corrected chi connectivity index (χ0v) is 17.3. The van der Waals surface area contributed by atoms with Crippen LogP contribution in [0.3, 0.4) is 0 Å². The van der Waals surface area contributed by atoms with E-state index in [0.29, 0.717) is 0 Å². The number of rotatable bonds is 5. The number of benzene rings is 4. The maximum atomic E-state index is 6.70. The Balaban J connectivity index is 1.71. The summed E-state index contributed by atoms with van der Waals surface area (Å²) in [5, 5.41) is 0. The molecule has 0 amide bonds. The van der Waals surface area contributed by atoms with E-state index < -0.39 is 0 Å². The summed E-state index contributed by atoms with van der Waals surface area (Å²) in [4.78, 5) is 0. The first-order valence-corrected chi connectivity index (χ1v) is 10.7. The third-order valence-electron chi connectivity index (χ3n) is 5.67. The Hall–Kier alpha value is -3.84. The Labute approximate surface area is 184 Å². The standard InChI is InChI=1S/C30H24O/c1-5-13-23(14-6-1)21-28-27(24-15-7-2-8-16-24)22-29(25-17-9-3-10-18-25)31-30(28)26-19-11-4-12-20-26/h1-20,22,30H,21H2. The van der Waals surface area contributed by atoms with Crippen molar-refractivity contribution in [3.8, 4) is 0 Å². The van der Waals surface area contributed by atoms with Gasteiger partial charge < -0.3 is 4.74 Å². The topological polar surface area (TPSA) is 9.23 Å². The normalized spacial score (nSPS) is 15.9. The molecule has 0 N–H and O–H groups in total. The van der Waals surface area contributed by atoms with Gasteiger partial charge in [0.25, 0.3) is 0 Å². The van der Waals surface area contributed by atoms with E-state index in [1.807, 2.05) is 6.07 Å². The van der Waals surface area contributed by atoms with E-state index in [-0.39, 0.29) is 6.10 Å². The SMILES string of the molecule is C1=C(c2ccccc2)OC(c2ccccc2)C(Cc2ccccc2)=C1c1ccccc1. The van der Waals surface area contributed by atoms with Crippen LogP contribution in [0.25, 0.3) is 11.3 Å². The van der Waals surface area contributed by atoms with Crippen LogP contribution in [0.15, 0.2) is 133 Å². The Kier molecular flexibility index (Phi) is 5.49. The molecule has 4 aromatic rings. The third kappa shape index (κ3) is 4.22. The summed E-state index contributed by atoms with van der Waals surface area (Å²) < 4.78 is 6.70. The summed E-state index contributed by atoms with van der Waals surface area (Å²) in [6, 6.07) is 42.2. The van der Waals surface area contributed by atoms with Crippen molar-refractivity contribution in [2.75, 3.05) is 0 Å². The van der Waals surface area contributed by atoms with Crippen LogP contribution >= 0.6 is 0 Å². The summed E-state index contributed by atoms with van der Waals surface area (Å²) in [6.07, 6.45) is 2.91. The quantitative estimate of drug-likeness (QED) is 0.337. The zero-order chi connectivity index (χ0) is 20.9. The third-order valence-corrected chi connectivity index (χ3v) is 5.67. The van der Waals surface area contributed by atoms with Gasteiger partial charge in [-0.05, 0) is 40.3 Å². The maximum absolute atomic E-state index is 6.70. The Morgan fingerprint density at radius 3 is 1.68 bits per heavy atom. The van der Waals surface area contributed by atoms with Crippen LogP contribution in [-0.2, 0) is 11.2 Å². The van der Waals surface area contributed by atoms with Crippen molar-refractivity contribution in [1.82, 2.24) is 0 Å². The molecule has 1 unspecified atom stereocenters. The van der Waals surface area contributed by atoms with Gasteiger partial charge in [0.15, 0.2) is 0 Å².